The average molecular weight is 234 g/mol. The number of hydrogen-bond donors (Lipinski definition) is 0. The zero-order chi connectivity index (χ0) is 10.6. The summed E-state index contributed by atoms with van der Waals surface area (Å²) in [6.07, 6.45) is 0. The molecule has 0 amide bonds. The van der Waals surface area contributed by atoms with Gasteiger partial charge in [-0.2, -0.15) is 0 Å². The molecule has 0 radical (unpaired) electrons. The second kappa shape index (κ2) is 3.00. The van der Waals surface area contributed by atoms with Crippen LogP contribution in [0.15, 0.2) is 6.07 Å². The Morgan fingerprint density at radius 3 is 2.53 bits per heavy atom. The summed E-state index contributed by atoms with van der Waals surface area (Å²) in [7, 11) is 0. The van der Waals surface area contributed by atoms with Crippen molar-refractivity contribution in [2.75, 3.05) is 0 Å². The van der Waals surface area contributed by atoms with E-state index in [0.29, 0.717) is 0 Å². The summed E-state index contributed by atoms with van der Waals surface area (Å²) in [5.41, 5.74) is 3.54. The third-order valence-electron chi connectivity index (χ3n) is 2.48. The molecule has 2 aromatic heterocycles. The molecule has 1 aromatic carbocycles. The van der Waals surface area contributed by atoms with E-state index in [1.807, 2.05) is 0 Å². The molecule has 0 atom stereocenters. The second-order valence-corrected chi connectivity index (χ2v) is 6.10. The Kier molecular flexibility index (Phi) is 1.85. The van der Waals surface area contributed by atoms with Gasteiger partial charge in [-0.15, -0.1) is 22.7 Å². The number of hydrogen-bond acceptors (Lipinski definition) is 4. The molecule has 0 saturated heterocycles. The number of aromatic nitrogens is 2. The summed E-state index contributed by atoms with van der Waals surface area (Å²) in [5.74, 6) is 0. The summed E-state index contributed by atoms with van der Waals surface area (Å²) in [4.78, 5) is 9.10. The average Bonchev–Trinajstić information content (AvgIpc) is 2.69. The minimum atomic E-state index is 1.12. The quantitative estimate of drug-likeness (QED) is 0.590. The van der Waals surface area contributed by atoms with Crippen molar-refractivity contribution < 1.29 is 0 Å². The van der Waals surface area contributed by atoms with E-state index in [0.717, 1.165) is 21.0 Å². The first kappa shape index (κ1) is 9.24. The van der Waals surface area contributed by atoms with E-state index in [4.69, 9.17) is 0 Å². The highest BCUT2D eigenvalue weighted by Crippen LogP contribution is 2.33. The molecule has 0 N–H and O–H groups in total. The largest absolute Gasteiger partial charge is 0.241 e. The van der Waals surface area contributed by atoms with Crippen molar-refractivity contribution in [3.05, 3.63) is 21.6 Å². The Bertz CT molecular complexity index is 609. The van der Waals surface area contributed by atoms with Crippen LogP contribution in [0, 0.1) is 20.8 Å². The van der Waals surface area contributed by atoms with Crippen LogP contribution >= 0.6 is 22.7 Å². The van der Waals surface area contributed by atoms with Crippen LogP contribution in [0.4, 0.5) is 0 Å². The zero-order valence-electron chi connectivity index (χ0n) is 8.79. The second-order valence-electron chi connectivity index (χ2n) is 3.66. The van der Waals surface area contributed by atoms with Crippen molar-refractivity contribution in [3.63, 3.8) is 0 Å². The monoisotopic (exact) mass is 234 g/mol. The first-order valence-corrected chi connectivity index (χ1v) is 6.42. The highest BCUT2D eigenvalue weighted by molar-refractivity contribution is 7.20. The lowest BCUT2D eigenvalue weighted by atomic mass is 10.2. The molecular formula is C11H10N2S2. The Balaban J connectivity index is 2.56. The Morgan fingerprint density at radius 2 is 1.73 bits per heavy atom. The predicted octanol–water partition coefficient (Wildman–Crippen LogP) is 3.83. The normalized spacial score (nSPS) is 11.7. The van der Waals surface area contributed by atoms with Gasteiger partial charge in [0.2, 0.25) is 0 Å². The van der Waals surface area contributed by atoms with Gasteiger partial charge in [-0.3, -0.25) is 0 Å². The van der Waals surface area contributed by atoms with Crippen molar-refractivity contribution in [2.24, 2.45) is 0 Å². The van der Waals surface area contributed by atoms with E-state index in [1.54, 1.807) is 22.7 Å². The van der Waals surface area contributed by atoms with E-state index in [9.17, 15) is 0 Å². The SMILES string of the molecule is Cc1nc2c(C)c3sc(C)nc3cc2s1. The number of nitrogens with zero attached hydrogens (tertiary/aromatic N) is 2. The predicted molar refractivity (Wildman–Crippen MR) is 67.0 cm³/mol. The van der Waals surface area contributed by atoms with Crippen LogP contribution < -0.4 is 0 Å². The van der Waals surface area contributed by atoms with Crippen LogP contribution in [0.3, 0.4) is 0 Å². The molecule has 0 aliphatic rings. The number of benzene rings is 1. The fraction of sp³-hybridized carbons (Fsp3) is 0.273. The molecule has 0 spiro atoms. The number of aryl methyl sites for hydroxylation is 3. The maximum atomic E-state index is 4.57. The summed E-state index contributed by atoms with van der Waals surface area (Å²) in [6.45, 7) is 6.25. The Labute approximate surface area is 95.6 Å². The zero-order valence-corrected chi connectivity index (χ0v) is 10.4. The fourth-order valence-corrected chi connectivity index (χ4v) is 3.67. The molecule has 4 heteroatoms. The van der Waals surface area contributed by atoms with Crippen LogP contribution in [0.1, 0.15) is 15.6 Å². The van der Waals surface area contributed by atoms with E-state index in [2.05, 4.69) is 36.8 Å². The summed E-state index contributed by atoms with van der Waals surface area (Å²) in [5, 5.41) is 2.25. The van der Waals surface area contributed by atoms with Gasteiger partial charge in [0.25, 0.3) is 0 Å². The van der Waals surface area contributed by atoms with Crippen LogP contribution in [-0.2, 0) is 0 Å². The molecule has 0 bridgehead atoms. The lowest BCUT2D eigenvalue weighted by Crippen LogP contribution is -1.78. The number of rotatable bonds is 0. The van der Waals surface area contributed by atoms with Gasteiger partial charge in [0, 0.05) is 0 Å². The van der Waals surface area contributed by atoms with Crippen molar-refractivity contribution in [2.45, 2.75) is 20.8 Å². The lowest BCUT2D eigenvalue weighted by Gasteiger charge is -1.95. The van der Waals surface area contributed by atoms with Crippen molar-refractivity contribution in [1.29, 1.82) is 0 Å². The molecule has 0 unspecified atom stereocenters. The van der Waals surface area contributed by atoms with Crippen molar-refractivity contribution in [1.82, 2.24) is 9.97 Å². The fourth-order valence-electron chi connectivity index (χ4n) is 1.85. The Morgan fingerprint density at radius 1 is 1.00 bits per heavy atom. The minimum absolute atomic E-state index is 1.12. The molecule has 0 aliphatic carbocycles. The number of fused-ring (bicyclic) bond motifs is 2. The standard InChI is InChI=1S/C11H10N2S2/c1-5-10-9(14-7(3)13-10)4-8-11(5)15-6(2)12-8/h4H,1-3H3. The smallest absolute Gasteiger partial charge is 0.0907 e. The van der Waals surface area contributed by atoms with Gasteiger partial charge in [-0.25, -0.2) is 9.97 Å². The van der Waals surface area contributed by atoms with Crippen molar-refractivity contribution >= 4 is 43.1 Å². The van der Waals surface area contributed by atoms with E-state index < -0.39 is 0 Å². The van der Waals surface area contributed by atoms with E-state index in [1.165, 1.54) is 15.0 Å². The summed E-state index contributed by atoms with van der Waals surface area (Å²) in [6, 6.07) is 2.16. The van der Waals surface area contributed by atoms with Gasteiger partial charge in [0.15, 0.2) is 0 Å². The van der Waals surface area contributed by atoms with Crippen LogP contribution in [0.25, 0.3) is 20.4 Å². The van der Waals surface area contributed by atoms with Crippen LogP contribution in [-0.4, -0.2) is 9.97 Å². The summed E-state index contributed by atoms with van der Waals surface area (Å²) >= 11 is 3.50. The summed E-state index contributed by atoms with van der Waals surface area (Å²) < 4.78 is 2.54. The van der Waals surface area contributed by atoms with Crippen LogP contribution in [0.5, 0.6) is 0 Å². The van der Waals surface area contributed by atoms with E-state index in [-0.39, 0.29) is 0 Å². The lowest BCUT2D eigenvalue weighted by molar-refractivity contribution is 1.33. The van der Waals surface area contributed by atoms with Gasteiger partial charge in [-0.05, 0) is 32.4 Å². The molecule has 3 rings (SSSR count). The highest BCUT2D eigenvalue weighted by atomic mass is 32.1. The van der Waals surface area contributed by atoms with Crippen molar-refractivity contribution in [3.8, 4) is 0 Å². The maximum absolute atomic E-state index is 4.57. The first-order chi connectivity index (χ1) is 7.15. The molecule has 0 fully saturated rings. The third-order valence-corrected chi connectivity index (χ3v) is 4.51. The van der Waals surface area contributed by atoms with Gasteiger partial charge in [0.05, 0.1) is 30.4 Å². The molecule has 0 saturated carbocycles. The van der Waals surface area contributed by atoms with Gasteiger partial charge < -0.3 is 0 Å². The van der Waals surface area contributed by atoms with Gasteiger partial charge in [-0.1, -0.05) is 0 Å². The van der Waals surface area contributed by atoms with Gasteiger partial charge >= 0.3 is 0 Å². The molecule has 2 nitrogen and oxygen atoms in total. The molecular weight excluding hydrogens is 224 g/mol. The molecule has 15 heavy (non-hydrogen) atoms. The molecule has 3 aromatic rings. The minimum Gasteiger partial charge on any atom is -0.241 e. The molecule has 76 valence electrons. The Hall–Kier alpha value is -1.00. The highest BCUT2D eigenvalue weighted by Gasteiger charge is 2.10. The number of thiazole rings is 2. The first-order valence-electron chi connectivity index (χ1n) is 4.79. The topological polar surface area (TPSA) is 25.8 Å². The van der Waals surface area contributed by atoms with Crippen LogP contribution in [0.2, 0.25) is 0 Å². The van der Waals surface area contributed by atoms with Gasteiger partial charge in [0.1, 0.15) is 0 Å². The third kappa shape index (κ3) is 1.28. The molecule has 0 aliphatic heterocycles. The molecule has 2 heterocycles. The maximum Gasteiger partial charge on any atom is 0.0907 e. The van der Waals surface area contributed by atoms with E-state index >= 15 is 0 Å².